The SMILES string of the molecule is CC1(C)CC=C[C@H]2[C@@H]1CC1(OCCCO1)[C@@]13CC(=O)O[C@@H]1C=CC[C@@H]23. The third kappa shape index (κ3) is 1.98. The Bertz CT molecular complexity index is 642. The van der Waals surface area contributed by atoms with Crippen LogP contribution in [-0.4, -0.2) is 31.1 Å². The van der Waals surface area contributed by atoms with Crippen LogP contribution in [0.25, 0.3) is 0 Å². The lowest BCUT2D eigenvalue weighted by atomic mass is 9.45. The molecule has 1 saturated carbocycles. The van der Waals surface area contributed by atoms with E-state index in [0.29, 0.717) is 37.4 Å². The zero-order valence-corrected chi connectivity index (χ0v) is 15.2. The Morgan fingerprint density at radius 3 is 2.68 bits per heavy atom. The molecule has 3 fully saturated rings. The summed E-state index contributed by atoms with van der Waals surface area (Å²) in [6.07, 6.45) is 13.1. The van der Waals surface area contributed by atoms with Gasteiger partial charge in [-0.05, 0) is 48.5 Å². The minimum Gasteiger partial charge on any atom is -0.457 e. The van der Waals surface area contributed by atoms with E-state index in [0.717, 1.165) is 25.7 Å². The Balaban J connectivity index is 1.68. The molecule has 2 heterocycles. The van der Waals surface area contributed by atoms with E-state index < -0.39 is 5.79 Å². The van der Waals surface area contributed by atoms with Crippen molar-refractivity contribution in [1.82, 2.24) is 0 Å². The van der Waals surface area contributed by atoms with Crippen LogP contribution in [0.2, 0.25) is 0 Å². The Morgan fingerprint density at radius 2 is 1.88 bits per heavy atom. The molecule has 3 aliphatic carbocycles. The molecule has 0 bridgehead atoms. The molecule has 4 heteroatoms. The summed E-state index contributed by atoms with van der Waals surface area (Å²) < 4.78 is 18.7. The van der Waals surface area contributed by atoms with Gasteiger partial charge in [0.25, 0.3) is 0 Å². The topological polar surface area (TPSA) is 44.8 Å². The molecule has 5 atom stereocenters. The molecule has 0 N–H and O–H groups in total. The molecule has 0 unspecified atom stereocenters. The van der Waals surface area contributed by atoms with E-state index in [1.807, 2.05) is 0 Å². The number of carbonyl (C=O) groups is 1. The fourth-order valence-electron chi connectivity index (χ4n) is 6.48. The van der Waals surface area contributed by atoms with Gasteiger partial charge in [0.15, 0.2) is 5.79 Å². The Hall–Kier alpha value is -1.13. The first-order chi connectivity index (χ1) is 12.0. The van der Waals surface area contributed by atoms with Gasteiger partial charge >= 0.3 is 5.97 Å². The molecule has 2 saturated heterocycles. The predicted molar refractivity (Wildman–Crippen MR) is 92.6 cm³/mol. The number of hydrogen-bond donors (Lipinski definition) is 0. The van der Waals surface area contributed by atoms with Crippen molar-refractivity contribution < 1.29 is 19.0 Å². The van der Waals surface area contributed by atoms with Gasteiger partial charge in [-0.25, -0.2) is 0 Å². The van der Waals surface area contributed by atoms with Crippen molar-refractivity contribution in [1.29, 1.82) is 0 Å². The first-order valence-corrected chi connectivity index (χ1v) is 9.79. The average molecular weight is 344 g/mol. The van der Waals surface area contributed by atoms with E-state index in [4.69, 9.17) is 14.2 Å². The molecule has 136 valence electrons. The van der Waals surface area contributed by atoms with E-state index in [1.165, 1.54) is 0 Å². The van der Waals surface area contributed by atoms with Gasteiger partial charge < -0.3 is 14.2 Å². The summed E-state index contributed by atoms with van der Waals surface area (Å²) in [5, 5.41) is 0. The van der Waals surface area contributed by atoms with Gasteiger partial charge in [0.2, 0.25) is 0 Å². The Labute approximate surface area is 149 Å². The minimum atomic E-state index is -0.679. The lowest BCUT2D eigenvalue weighted by molar-refractivity contribution is -0.370. The molecular formula is C21H28O4. The highest BCUT2D eigenvalue weighted by Gasteiger charge is 2.73. The number of hydrogen-bond acceptors (Lipinski definition) is 4. The highest BCUT2D eigenvalue weighted by molar-refractivity contribution is 5.74. The zero-order valence-electron chi connectivity index (χ0n) is 15.2. The highest BCUT2D eigenvalue weighted by atomic mass is 16.7. The van der Waals surface area contributed by atoms with Crippen molar-refractivity contribution in [3.63, 3.8) is 0 Å². The van der Waals surface area contributed by atoms with Crippen molar-refractivity contribution in [2.24, 2.45) is 28.6 Å². The molecule has 0 radical (unpaired) electrons. The maximum Gasteiger partial charge on any atom is 0.307 e. The van der Waals surface area contributed by atoms with Crippen molar-refractivity contribution >= 4 is 5.97 Å². The minimum absolute atomic E-state index is 0.101. The number of esters is 1. The van der Waals surface area contributed by atoms with Crippen LogP contribution >= 0.6 is 0 Å². The molecule has 25 heavy (non-hydrogen) atoms. The third-order valence-corrected chi connectivity index (χ3v) is 7.66. The van der Waals surface area contributed by atoms with Gasteiger partial charge in [-0.1, -0.05) is 32.1 Å². The van der Waals surface area contributed by atoms with Crippen LogP contribution in [-0.2, 0) is 19.0 Å². The van der Waals surface area contributed by atoms with Crippen LogP contribution in [0.4, 0.5) is 0 Å². The summed E-state index contributed by atoms with van der Waals surface area (Å²) in [6, 6.07) is 0. The van der Waals surface area contributed by atoms with Crippen molar-refractivity contribution in [2.45, 2.75) is 57.8 Å². The van der Waals surface area contributed by atoms with Crippen LogP contribution in [0.15, 0.2) is 24.3 Å². The lowest BCUT2D eigenvalue weighted by Gasteiger charge is -2.64. The Morgan fingerprint density at radius 1 is 1.08 bits per heavy atom. The van der Waals surface area contributed by atoms with Gasteiger partial charge in [-0.3, -0.25) is 4.79 Å². The van der Waals surface area contributed by atoms with Crippen LogP contribution in [0.1, 0.15) is 46.0 Å². The molecular weight excluding hydrogens is 316 g/mol. The van der Waals surface area contributed by atoms with Gasteiger partial charge in [0.1, 0.15) is 6.10 Å². The molecule has 0 amide bonds. The first-order valence-electron chi connectivity index (χ1n) is 9.79. The largest absolute Gasteiger partial charge is 0.457 e. The molecule has 5 rings (SSSR count). The van der Waals surface area contributed by atoms with Crippen molar-refractivity contribution in [3.05, 3.63) is 24.3 Å². The number of carbonyl (C=O) groups excluding carboxylic acids is 1. The second-order valence-electron chi connectivity index (χ2n) is 9.21. The second-order valence-corrected chi connectivity index (χ2v) is 9.21. The van der Waals surface area contributed by atoms with Crippen molar-refractivity contribution in [2.75, 3.05) is 13.2 Å². The quantitative estimate of drug-likeness (QED) is 0.497. The van der Waals surface area contributed by atoms with Gasteiger partial charge in [-0.2, -0.15) is 0 Å². The highest BCUT2D eigenvalue weighted by Crippen LogP contribution is 2.67. The molecule has 0 aromatic rings. The molecule has 0 aromatic carbocycles. The van der Waals surface area contributed by atoms with Crippen LogP contribution in [0, 0.1) is 28.6 Å². The number of rotatable bonds is 0. The van der Waals surface area contributed by atoms with E-state index in [-0.39, 0.29) is 22.9 Å². The van der Waals surface area contributed by atoms with Crippen molar-refractivity contribution in [3.8, 4) is 0 Å². The van der Waals surface area contributed by atoms with Crippen LogP contribution < -0.4 is 0 Å². The monoisotopic (exact) mass is 344 g/mol. The molecule has 2 spiro atoms. The van der Waals surface area contributed by atoms with Crippen LogP contribution in [0.3, 0.4) is 0 Å². The van der Waals surface area contributed by atoms with E-state index >= 15 is 0 Å². The smallest absolute Gasteiger partial charge is 0.307 e. The molecule has 4 nitrogen and oxygen atoms in total. The predicted octanol–water partition coefficient (Wildman–Crippen LogP) is 3.62. The van der Waals surface area contributed by atoms with E-state index in [2.05, 4.69) is 38.2 Å². The molecule has 5 aliphatic rings. The third-order valence-electron chi connectivity index (χ3n) is 7.66. The molecule has 0 aromatic heterocycles. The summed E-state index contributed by atoms with van der Waals surface area (Å²) in [7, 11) is 0. The number of fused-ring (bicyclic) bond motifs is 2. The fourth-order valence-corrected chi connectivity index (χ4v) is 6.48. The molecule has 2 aliphatic heterocycles. The number of allylic oxidation sites excluding steroid dienone is 3. The summed E-state index contributed by atoms with van der Waals surface area (Å²) >= 11 is 0. The summed E-state index contributed by atoms with van der Waals surface area (Å²) in [6.45, 7) is 6.17. The summed E-state index contributed by atoms with van der Waals surface area (Å²) in [5.74, 6) is 0.526. The average Bonchev–Trinajstić information content (AvgIpc) is 2.94. The second kappa shape index (κ2) is 5.20. The first kappa shape index (κ1) is 16.1. The lowest BCUT2D eigenvalue weighted by Crippen LogP contribution is -2.68. The van der Waals surface area contributed by atoms with E-state index in [9.17, 15) is 4.79 Å². The Kier molecular flexibility index (Phi) is 3.34. The zero-order chi connectivity index (χ0) is 17.3. The summed E-state index contributed by atoms with van der Waals surface area (Å²) in [5.41, 5.74) is -0.156. The van der Waals surface area contributed by atoms with Gasteiger partial charge in [0.05, 0.1) is 25.0 Å². The fraction of sp³-hybridized carbons (Fsp3) is 0.762. The van der Waals surface area contributed by atoms with Gasteiger partial charge in [-0.15, -0.1) is 0 Å². The normalized spacial score (nSPS) is 46.2. The maximum absolute atomic E-state index is 12.4. The van der Waals surface area contributed by atoms with Crippen LogP contribution in [0.5, 0.6) is 0 Å². The standard InChI is InChI=1S/C21H28O4/c1-19(2)9-4-6-14-15-7-3-8-17-20(15,13-18(22)25-17)21(12-16(14)19)23-10-5-11-24-21/h3-4,6,8,14-17H,5,7,9-13H2,1-2H3/t14-,15+,16+,17-,20-/m1/s1. The summed E-state index contributed by atoms with van der Waals surface area (Å²) in [4.78, 5) is 12.4. The number of ether oxygens (including phenoxy) is 3. The van der Waals surface area contributed by atoms with Gasteiger partial charge in [0, 0.05) is 6.42 Å². The van der Waals surface area contributed by atoms with E-state index in [1.54, 1.807) is 0 Å². The maximum atomic E-state index is 12.4.